The van der Waals surface area contributed by atoms with E-state index >= 15 is 0 Å². The lowest BCUT2D eigenvalue weighted by atomic mass is 10.1. The van der Waals surface area contributed by atoms with Crippen LogP contribution in [0, 0.1) is 0 Å². The van der Waals surface area contributed by atoms with E-state index in [9.17, 15) is 0 Å². The fraction of sp³-hybridized carbons (Fsp3) is 0. The fourth-order valence-electron chi connectivity index (χ4n) is 6.69. The SMILES string of the molecule is c1ccc2c(c1)ncc1sc3ccc(N(c4ccc5sc6ccccc6c5c4)c4ccc5sc6ccccc6c5c4)cc3c12. The molecule has 44 heavy (non-hydrogen) atoms. The van der Waals surface area contributed by atoms with Gasteiger partial charge in [-0.05, 0) is 72.8 Å². The van der Waals surface area contributed by atoms with Gasteiger partial charge in [-0.25, -0.2) is 0 Å². The Morgan fingerprint density at radius 2 is 0.841 bits per heavy atom. The van der Waals surface area contributed by atoms with Gasteiger partial charge in [-0.2, -0.15) is 0 Å². The third-order valence-corrected chi connectivity index (χ3v) is 12.1. The minimum atomic E-state index is 1.03. The van der Waals surface area contributed by atoms with E-state index in [2.05, 4.69) is 132 Å². The summed E-state index contributed by atoms with van der Waals surface area (Å²) in [5, 5.41) is 8.99. The van der Waals surface area contributed by atoms with Gasteiger partial charge in [-0.1, -0.05) is 54.6 Å². The van der Waals surface area contributed by atoms with Gasteiger partial charge < -0.3 is 4.90 Å². The molecule has 0 spiro atoms. The number of hydrogen-bond acceptors (Lipinski definition) is 5. The number of para-hydroxylation sites is 1. The van der Waals surface area contributed by atoms with Crippen molar-refractivity contribution in [1.29, 1.82) is 0 Å². The van der Waals surface area contributed by atoms with Crippen LogP contribution in [0.1, 0.15) is 0 Å². The quantitative estimate of drug-likeness (QED) is 0.197. The molecule has 0 atom stereocenters. The van der Waals surface area contributed by atoms with E-state index in [1.54, 1.807) is 0 Å². The molecule has 0 aliphatic rings. The van der Waals surface area contributed by atoms with Crippen LogP contribution in [0.3, 0.4) is 0 Å². The van der Waals surface area contributed by atoms with Crippen LogP contribution < -0.4 is 4.90 Å². The molecule has 0 fully saturated rings. The third-order valence-electron chi connectivity index (χ3n) is 8.69. The predicted octanol–water partition coefficient (Wildman–Crippen LogP) is 12.8. The standard InChI is InChI=1S/C39H22N2S3/c1-4-10-32-28(9-1)39-31-21-25(15-18-37(31)44-38(39)22-40-32)41(23-13-16-35-29(19-23)26-7-2-5-11-33(26)42-35)24-14-17-36-30(20-24)27-8-3-6-12-34(27)43-36/h1-22H. The lowest BCUT2D eigenvalue weighted by Gasteiger charge is -2.26. The number of anilines is 3. The van der Waals surface area contributed by atoms with E-state index in [1.807, 2.05) is 40.2 Å². The minimum Gasteiger partial charge on any atom is -0.310 e. The topological polar surface area (TPSA) is 16.1 Å². The smallest absolute Gasteiger partial charge is 0.0709 e. The highest BCUT2D eigenvalue weighted by Gasteiger charge is 2.19. The van der Waals surface area contributed by atoms with Gasteiger partial charge in [0.1, 0.15) is 0 Å². The van der Waals surface area contributed by atoms with Gasteiger partial charge >= 0.3 is 0 Å². The van der Waals surface area contributed by atoms with Crippen molar-refractivity contribution in [3.8, 4) is 0 Å². The summed E-state index contributed by atoms with van der Waals surface area (Å²) in [5.74, 6) is 0. The minimum absolute atomic E-state index is 1.03. The second-order valence-electron chi connectivity index (χ2n) is 11.2. The molecular weight excluding hydrogens is 593 g/mol. The molecule has 6 aromatic carbocycles. The molecule has 0 radical (unpaired) electrons. The van der Waals surface area contributed by atoms with Gasteiger partial charge in [0, 0.05) is 84.5 Å². The van der Waals surface area contributed by atoms with Crippen LogP contribution in [-0.2, 0) is 0 Å². The van der Waals surface area contributed by atoms with E-state index in [4.69, 9.17) is 4.98 Å². The molecular formula is C39H22N2S3. The molecule has 0 bridgehead atoms. The maximum atomic E-state index is 4.76. The van der Waals surface area contributed by atoms with E-state index in [1.165, 1.54) is 65.9 Å². The lowest BCUT2D eigenvalue weighted by Crippen LogP contribution is -2.09. The summed E-state index contributed by atoms with van der Waals surface area (Å²) in [5.41, 5.74) is 4.50. The van der Waals surface area contributed by atoms with Gasteiger partial charge in [-0.15, -0.1) is 34.0 Å². The molecule has 0 aliphatic carbocycles. The molecule has 2 nitrogen and oxygen atoms in total. The molecule has 0 unspecified atom stereocenters. The maximum absolute atomic E-state index is 4.76. The first kappa shape index (κ1) is 24.6. The molecule has 0 saturated carbocycles. The maximum Gasteiger partial charge on any atom is 0.0709 e. The average Bonchev–Trinajstić information content (AvgIpc) is 3.76. The van der Waals surface area contributed by atoms with Crippen molar-refractivity contribution in [2.75, 3.05) is 4.90 Å². The second kappa shape index (κ2) is 9.34. The first-order valence-electron chi connectivity index (χ1n) is 14.6. The number of nitrogens with zero attached hydrogens (tertiary/aromatic N) is 2. The Kier molecular flexibility index (Phi) is 5.23. The van der Waals surface area contributed by atoms with Gasteiger partial charge in [0.25, 0.3) is 0 Å². The molecule has 0 amide bonds. The Morgan fingerprint density at radius 1 is 0.386 bits per heavy atom. The normalized spacial score (nSPS) is 12.1. The van der Waals surface area contributed by atoms with Crippen LogP contribution >= 0.6 is 34.0 Å². The van der Waals surface area contributed by atoms with Crippen LogP contribution in [0.2, 0.25) is 0 Å². The monoisotopic (exact) mass is 614 g/mol. The number of benzene rings is 6. The zero-order chi connectivity index (χ0) is 28.8. The summed E-state index contributed by atoms with van der Waals surface area (Å²) in [6.07, 6.45) is 2.03. The Morgan fingerprint density at radius 3 is 1.45 bits per heavy atom. The van der Waals surface area contributed by atoms with E-state index in [0.29, 0.717) is 0 Å². The van der Waals surface area contributed by atoms with Gasteiger partial charge in [0.15, 0.2) is 0 Å². The first-order chi connectivity index (χ1) is 21.8. The number of thiophene rings is 3. The van der Waals surface area contributed by atoms with Gasteiger partial charge in [0.05, 0.1) is 10.2 Å². The Bertz CT molecular complexity index is 2630. The summed E-state index contributed by atoms with van der Waals surface area (Å²) in [6, 6.07) is 46.8. The number of fused-ring (bicyclic) bond motifs is 11. The second-order valence-corrected chi connectivity index (χ2v) is 14.4. The number of rotatable bonds is 3. The Hall–Kier alpha value is -4.81. The summed E-state index contributed by atoms with van der Waals surface area (Å²) >= 11 is 5.54. The van der Waals surface area contributed by atoms with Crippen LogP contribution in [0.15, 0.2) is 134 Å². The van der Waals surface area contributed by atoms with E-state index < -0.39 is 0 Å². The predicted molar refractivity (Wildman–Crippen MR) is 195 cm³/mol. The van der Waals surface area contributed by atoms with Gasteiger partial charge in [0.2, 0.25) is 0 Å². The van der Waals surface area contributed by atoms with Crippen LogP contribution in [0.25, 0.3) is 71.4 Å². The highest BCUT2D eigenvalue weighted by molar-refractivity contribution is 7.26. The van der Waals surface area contributed by atoms with Crippen molar-refractivity contribution in [2.24, 2.45) is 0 Å². The van der Waals surface area contributed by atoms with Crippen LogP contribution in [0.5, 0.6) is 0 Å². The van der Waals surface area contributed by atoms with Crippen molar-refractivity contribution < 1.29 is 0 Å². The number of hydrogen-bond donors (Lipinski definition) is 0. The van der Waals surface area contributed by atoms with Crippen LogP contribution in [0.4, 0.5) is 17.1 Å². The van der Waals surface area contributed by atoms with Crippen molar-refractivity contribution in [1.82, 2.24) is 4.98 Å². The number of aromatic nitrogens is 1. The lowest BCUT2D eigenvalue weighted by molar-refractivity contribution is 1.30. The Balaban J connectivity index is 1.26. The molecule has 0 saturated heterocycles. The molecule has 10 rings (SSSR count). The third kappa shape index (κ3) is 3.61. The summed E-state index contributed by atoms with van der Waals surface area (Å²) in [6.45, 7) is 0. The highest BCUT2D eigenvalue weighted by atomic mass is 32.1. The van der Waals surface area contributed by atoms with Crippen molar-refractivity contribution in [3.63, 3.8) is 0 Å². The van der Waals surface area contributed by atoms with Crippen molar-refractivity contribution in [3.05, 3.63) is 134 Å². The summed E-state index contributed by atoms with van der Waals surface area (Å²) in [7, 11) is 0. The van der Waals surface area contributed by atoms with E-state index in [0.717, 1.165) is 22.6 Å². The van der Waals surface area contributed by atoms with Crippen LogP contribution in [-0.4, -0.2) is 4.98 Å². The number of pyridine rings is 1. The van der Waals surface area contributed by atoms with Crippen molar-refractivity contribution >= 4 is 122 Å². The summed E-state index contributed by atoms with van der Waals surface area (Å²) < 4.78 is 7.77. The molecule has 0 aliphatic heterocycles. The zero-order valence-electron chi connectivity index (χ0n) is 23.3. The zero-order valence-corrected chi connectivity index (χ0v) is 25.8. The molecule has 5 heteroatoms. The van der Waals surface area contributed by atoms with E-state index in [-0.39, 0.29) is 0 Å². The largest absolute Gasteiger partial charge is 0.310 e. The Labute approximate surface area is 264 Å². The van der Waals surface area contributed by atoms with Gasteiger partial charge in [-0.3, -0.25) is 4.98 Å². The molecule has 0 N–H and O–H groups in total. The molecule has 4 heterocycles. The fourth-order valence-corrected chi connectivity index (χ4v) is 9.94. The average molecular weight is 615 g/mol. The molecule has 10 aromatic rings. The first-order valence-corrected chi connectivity index (χ1v) is 17.1. The molecule has 4 aromatic heterocycles. The highest BCUT2D eigenvalue weighted by Crippen LogP contribution is 2.45. The molecule has 206 valence electrons. The summed E-state index contributed by atoms with van der Waals surface area (Å²) in [4.78, 5) is 7.19. The van der Waals surface area contributed by atoms with Crippen molar-refractivity contribution in [2.45, 2.75) is 0 Å².